The Balaban J connectivity index is 1.42. The van der Waals surface area contributed by atoms with Crippen molar-refractivity contribution in [1.29, 1.82) is 0 Å². The maximum atomic E-state index is 13.5. The van der Waals surface area contributed by atoms with E-state index in [4.69, 9.17) is 9.47 Å². The first kappa shape index (κ1) is 31.8. The van der Waals surface area contributed by atoms with E-state index in [0.29, 0.717) is 47.4 Å². The number of nitrogens with one attached hydrogen (secondary N) is 2. The highest BCUT2D eigenvalue weighted by molar-refractivity contribution is 7.98. The number of piperazine rings is 1. The molecule has 236 valence electrons. The van der Waals surface area contributed by atoms with Crippen molar-refractivity contribution in [3.63, 3.8) is 0 Å². The van der Waals surface area contributed by atoms with Crippen LogP contribution >= 0.6 is 11.8 Å². The number of hydrogen-bond donors (Lipinski definition) is 2. The number of thioether (sulfide) groups is 1. The van der Waals surface area contributed by atoms with Crippen molar-refractivity contribution in [2.24, 2.45) is 5.92 Å². The van der Waals surface area contributed by atoms with E-state index in [-0.39, 0.29) is 49.5 Å². The summed E-state index contributed by atoms with van der Waals surface area (Å²) in [6.07, 6.45) is 3.99. The number of rotatable bonds is 5. The Morgan fingerprint density at radius 3 is 2.71 bits per heavy atom. The van der Waals surface area contributed by atoms with Gasteiger partial charge in [-0.3, -0.25) is 19.2 Å². The zero-order valence-electron chi connectivity index (χ0n) is 25.6. The normalized spacial score (nSPS) is 17.5. The molecule has 2 aliphatic heterocycles. The lowest BCUT2D eigenvalue weighted by Crippen LogP contribution is -2.62. The van der Waals surface area contributed by atoms with E-state index >= 15 is 0 Å². The minimum Gasteiger partial charge on any atom is -0.493 e. The van der Waals surface area contributed by atoms with Gasteiger partial charge >= 0.3 is 0 Å². The van der Waals surface area contributed by atoms with Gasteiger partial charge in [0.1, 0.15) is 28.3 Å². The summed E-state index contributed by atoms with van der Waals surface area (Å²) >= 11 is 1.37. The molecule has 5 rings (SSSR count). The predicted octanol–water partition coefficient (Wildman–Crippen LogP) is 3.39. The maximum Gasteiger partial charge on any atom is 0.256 e. The Morgan fingerprint density at radius 1 is 1.07 bits per heavy atom. The SMILES string of the molecule is CSc1ncccc1C(=O)N1CCN2C(=O)CNC(=O)c3cc(OCC(C)C)cc(c3)Oc3cccc(c3)CCNC(=O)[C@H]2C1. The molecule has 0 saturated carbocycles. The second-order valence-corrected chi connectivity index (χ2v) is 12.1. The van der Waals surface area contributed by atoms with Crippen LogP contribution in [0.5, 0.6) is 17.2 Å². The van der Waals surface area contributed by atoms with Crippen LogP contribution in [0.1, 0.15) is 40.1 Å². The van der Waals surface area contributed by atoms with Crippen LogP contribution in [0.25, 0.3) is 0 Å². The summed E-state index contributed by atoms with van der Waals surface area (Å²) < 4.78 is 12.0. The number of nitrogens with zero attached hydrogens (tertiary/aromatic N) is 3. The van der Waals surface area contributed by atoms with Crippen molar-refractivity contribution < 1.29 is 28.7 Å². The molecule has 0 spiro atoms. The maximum absolute atomic E-state index is 13.5. The highest BCUT2D eigenvalue weighted by Gasteiger charge is 2.37. The molecule has 4 bridgehead atoms. The number of amides is 4. The average molecular weight is 632 g/mol. The third-order valence-corrected chi connectivity index (χ3v) is 8.17. The molecule has 1 saturated heterocycles. The molecule has 11 nitrogen and oxygen atoms in total. The van der Waals surface area contributed by atoms with Crippen molar-refractivity contribution >= 4 is 35.4 Å². The molecule has 2 N–H and O–H groups in total. The van der Waals surface area contributed by atoms with Gasteiger partial charge in [-0.1, -0.05) is 26.0 Å². The minimum atomic E-state index is -0.939. The van der Waals surface area contributed by atoms with Gasteiger partial charge in [0.25, 0.3) is 11.8 Å². The van der Waals surface area contributed by atoms with Crippen LogP contribution in [0.15, 0.2) is 65.8 Å². The fraction of sp³-hybridized carbons (Fsp3) is 0.364. The van der Waals surface area contributed by atoms with E-state index in [1.807, 2.05) is 44.4 Å². The first-order valence-corrected chi connectivity index (χ1v) is 16.1. The number of pyridine rings is 1. The van der Waals surface area contributed by atoms with Crippen LogP contribution in [0.3, 0.4) is 0 Å². The van der Waals surface area contributed by atoms with Crippen LogP contribution in [-0.2, 0) is 16.0 Å². The molecule has 2 aliphatic rings. The quantitative estimate of drug-likeness (QED) is 0.410. The van der Waals surface area contributed by atoms with Crippen LogP contribution in [0, 0.1) is 5.92 Å². The summed E-state index contributed by atoms with van der Waals surface area (Å²) in [6, 6.07) is 14.9. The molecule has 1 fully saturated rings. The number of benzene rings is 2. The van der Waals surface area contributed by atoms with Crippen molar-refractivity contribution in [2.75, 3.05) is 45.6 Å². The van der Waals surface area contributed by atoms with Gasteiger partial charge in [0.2, 0.25) is 11.8 Å². The Kier molecular flexibility index (Phi) is 10.2. The minimum absolute atomic E-state index is 0.00892. The molecule has 45 heavy (non-hydrogen) atoms. The van der Waals surface area contributed by atoms with Crippen LogP contribution < -0.4 is 20.1 Å². The van der Waals surface area contributed by atoms with Gasteiger partial charge in [0.15, 0.2) is 0 Å². The Morgan fingerprint density at radius 2 is 1.91 bits per heavy atom. The Hall–Kier alpha value is -4.58. The lowest BCUT2D eigenvalue weighted by atomic mass is 10.1. The first-order chi connectivity index (χ1) is 21.7. The van der Waals surface area contributed by atoms with Crippen molar-refractivity contribution in [3.05, 3.63) is 77.5 Å². The molecule has 2 aromatic carbocycles. The van der Waals surface area contributed by atoms with Gasteiger partial charge < -0.3 is 29.9 Å². The van der Waals surface area contributed by atoms with Gasteiger partial charge in [0, 0.05) is 37.5 Å². The summed E-state index contributed by atoms with van der Waals surface area (Å²) in [6.45, 7) is 4.86. The van der Waals surface area contributed by atoms with E-state index in [1.165, 1.54) is 16.7 Å². The summed E-state index contributed by atoms with van der Waals surface area (Å²) in [5, 5.41) is 6.22. The zero-order chi connectivity index (χ0) is 31.9. The first-order valence-electron chi connectivity index (χ1n) is 14.9. The van der Waals surface area contributed by atoms with Crippen molar-refractivity contribution in [1.82, 2.24) is 25.4 Å². The lowest BCUT2D eigenvalue weighted by molar-refractivity contribution is -0.142. The number of carbonyl (C=O) groups excluding carboxylic acids is 4. The number of ether oxygens (including phenoxy) is 2. The second kappa shape index (κ2) is 14.5. The molecular weight excluding hydrogens is 594 g/mol. The Bertz CT molecular complexity index is 1580. The van der Waals surface area contributed by atoms with Gasteiger partial charge in [-0.25, -0.2) is 4.98 Å². The molecule has 1 atom stereocenters. The van der Waals surface area contributed by atoms with E-state index in [0.717, 1.165) is 5.56 Å². The number of hydrogen-bond acceptors (Lipinski definition) is 8. The average Bonchev–Trinajstić information content (AvgIpc) is 3.05. The molecule has 0 unspecified atom stereocenters. The summed E-state index contributed by atoms with van der Waals surface area (Å²) in [5.41, 5.74) is 1.64. The third kappa shape index (κ3) is 7.93. The van der Waals surface area contributed by atoms with Crippen molar-refractivity contribution in [3.8, 4) is 17.2 Å². The van der Waals surface area contributed by atoms with Crippen LogP contribution in [-0.4, -0.2) is 90.0 Å². The highest BCUT2D eigenvalue weighted by Crippen LogP contribution is 2.29. The van der Waals surface area contributed by atoms with E-state index in [1.54, 1.807) is 41.4 Å². The van der Waals surface area contributed by atoms with Gasteiger partial charge in [0.05, 0.1) is 25.3 Å². The number of fused-ring (bicyclic) bond motifs is 5. The molecule has 3 heterocycles. The van der Waals surface area contributed by atoms with Crippen molar-refractivity contribution in [2.45, 2.75) is 31.3 Å². The smallest absolute Gasteiger partial charge is 0.256 e. The van der Waals surface area contributed by atoms with Gasteiger partial charge in [-0.05, 0) is 60.6 Å². The highest BCUT2D eigenvalue weighted by atomic mass is 32.2. The van der Waals surface area contributed by atoms with Crippen LogP contribution in [0.2, 0.25) is 0 Å². The van der Waals surface area contributed by atoms with Gasteiger partial charge in [-0.15, -0.1) is 11.8 Å². The summed E-state index contributed by atoms with van der Waals surface area (Å²) in [7, 11) is 0. The molecule has 0 radical (unpaired) electrons. The standard InChI is InChI=1S/C33H37N5O6S/c1-21(2)20-43-25-15-23-16-26(17-25)44-24-7-4-6-22(14-24)9-11-34-31(41)28-19-37(12-13-38(28)29(39)18-36-30(23)40)33(42)27-8-5-10-35-32(27)45-3/h4-8,10,14-17,21,28H,9,11-13,18-20H2,1-3H3,(H,34,41)(H,36,40)/t28-/m1/s1. The largest absolute Gasteiger partial charge is 0.493 e. The fourth-order valence-corrected chi connectivity index (χ4v) is 5.73. The number of carbonyl (C=O) groups is 4. The molecule has 4 amide bonds. The lowest BCUT2D eigenvalue weighted by Gasteiger charge is -2.40. The topological polar surface area (TPSA) is 130 Å². The summed E-state index contributed by atoms with van der Waals surface area (Å²) in [4.78, 5) is 61.1. The second-order valence-electron chi connectivity index (χ2n) is 11.3. The Labute approximate surface area is 266 Å². The molecule has 0 aliphatic carbocycles. The molecule has 12 heteroatoms. The summed E-state index contributed by atoms with van der Waals surface area (Å²) in [5.74, 6) is 0.182. The van der Waals surface area contributed by atoms with Gasteiger partial charge in [-0.2, -0.15) is 0 Å². The molecular formula is C33H37N5O6S. The monoisotopic (exact) mass is 631 g/mol. The molecule has 1 aromatic heterocycles. The predicted molar refractivity (Wildman–Crippen MR) is 170 cm³/mol. The molecule has 3 aromatic rings. The zero-order valence-corrected chi connectivity index (χ0v) is 26.4. The van der Waals surface area contributed by atoms with E-state index in [2.05, 4.69) is 15.6 Å². The third-order valence-electron chi connectivity index (χ3n) is 7.46. The van der Waals surface area contributed by atoms with E-state index < -0.39 is 17.9 Å². The number of aromatic nitrogens is 1. The fourth-order valence-electron chi connectivity index (χ4n) is 5.19. The van der Waals surface area contributed by atoms with Crippen LogP contribution in [0.4, 0.5) is 0 Å². The van der Waals surface area contributed by atoms with E-state index in [9.17, 15) is 19.2 Å².